The normalized spacial score (nSPS) is 10.5. The minimum Gasteiger partial charge on any atom is -0.496 e. The van der Waals surface area contributed by atoms with E-state index >= 15 is 0 Å². The van der Waals surface area contributed by atoms with Crippen LogP contribution in [0.25, 0.3) is 0 Å². The zero-order valence-corrected chi connectivity index (χ0v) is 13.2. The maximum absolute atomic E-state index is 9.30. The number of methoxy groups -OCH3 is 1. The van der Waals surface area contributed by atoms with Gasteiger partial charge in [0.1, 0.15) is 5.75 Å². The van der Waals surface area contributed by atoms with Gasteiger partial charge in [0.25, 0.3) is 0 Å². The highest BCUT2D eigenvalue weighted by molar-refractivity contribution is 5.55. The van der Waals surface area contributed by atoms with Gasteiger partial charge in [0.2, 0.25) is 0 Å². The number of hydrogen-bond donors (Lipinski definition) is 1. The summed E-state index contributed by atoms with van der Waals surface area (Å²) in [5.41, 5.74) is 5.71. The van der Waals surface area contributed by atoms with Crippen molar-refractivity contribution in [2.24, 2.45) is 0 Å². The topological polar surface area (TPSA) is 32.7 Å². The molecule has 0 saturated carbocycles. The lowest BCUT2D eigenvalue weighted by Gasteiger charge is -2.23. The molecular formula is C18H23NO2. The van der Waals surface area contributed by atoms with Crippen molar-refractivity contribution in [1.82, 2.24) is 0 Å². The van der Waals surface area contributed by atoms with E-state index in [2.05, 4.69) is 44.0 Å². The summed E-state index contributed by atoms with van der Waals surface area (Å²) in [4.78, 5) is 2.20. The third-order valence-corrected chi connectivity index (χ3v) is 3.70. The van der Waals surface area contributed by atoms with E-state index in [0.717, 1.165) is 23.4 Å². The van der Waals surface area contributed by atoms with E-state index in [1.165, 1.54) is 16.8 Å². The van der Waals surface area contributed by atoms with E-state index in [4.69, 9.17) is 4.74 Å². The number of nitrogens with zero attached hydrogens (tertiary/aromatic N) is 1. The lowest BCUT2D eigenvalue weighted by Crippen LogP contribution is -2.18. The number of aliphatic hydroxyl groups excluding tert-OH is 1. The Bertz CT molecular complexity index is 623. The van der Waals surface area contributed by atoms with Crippen LogP contribution in [0.4, 0.5) is 5.69 Å². The Hall–Kier alpha value is -2.00. The molecule has 0 aliphatic heterocycles. The molecule has 1 N–H and O–H groups in total. The number of benzene rings is 2. The maximum Gasteiger partial charge on any atom is 0.123 e. The average Bonchev–Trinajstić information content (AvgIpc) is 2.46. The SMILES string of the molecule is COc1ccc(CO)cc1CN(C)c1ccc(C)cc1C. The van der Waals surface area contributed by atoms with Crippen molar-refractivity contribution in [2.75, 3.05) is 19.1 Å². The summed E-state index contributed by atoms with van der Waals surface area (Å²) in [7, 11) is 3.75. The highest BCUT2D eigenvalue weighted by Gasteiger charge is 2.10. The van der Waals surface area contributed by atoms with Crippen LogP contribution >= 0.6 is 0 Å². The zero-order valence-electron chi connectivity index (χ0n) is 13.2. The van der Waals surface area contributed by atoms with Crippen LogP contribution in [0.3, 0.4) is 0 Å². The van der Waals surface area contributed by atoms with E-state index in [1.54, 1.807) is 7.11 Å². The molecule has 0 aromatic heterocycles. The fourth-order valence-corrected chi connectivity index (χ4v) is 2.63. The quantitative estimate of drug-likeness (QED) is 0.913. The minimum atomic E-state index is 0.0459. The molecule has 0 atom stereocenters. The fourth-order valence-electron chi connectivity index (χ4n) is 2.63. The van der Waals surface area contributed by atoms with Crippen LogP contribution in [-0.4, -0.2) is 19.3 Å². The summed E-state index contributed by atoms with van der Waals surface area (Å²) in [5.74, 6) is 0.851. The molecule has 0 unspecified atom stereocenters. The highest BCUT2D eigenvalue weighted by atomic mass is 16.5. The summed E-state index contributed by atoms with van der Waals surface area (Å²) in [6.45, 7) is 5.01. The lowest BCUT2D eigenvalue weighted by atomic mass is 10.1. The van der Waals surface area contributed by atoms with Crippen molar-refractivity contribution >= 4 is 5.69 Å². The lowest BCUT2D eigenvalue weighted by molar-refractivity contribution is 0.281. The standard InChI is InChI=1S/C18H23NO2/c1-13-5-7-17(14(2)9-13)19(3)11-16-10-15(12-20)6-8-18(16)21-4/h5-10,20H,11-12H2,1-4H3. The summed E-state index contributed by atoms with van der Waals surface area (Å²) in [5, 5.41) is 9.30. The Morgan fingerprint density at radius 2 is 1.86 bits per heavy atom. The number of anilines is 1. The van der Waals surface area contributed by atoms with Crippen molar-refractivity contribution in [2.45, 2.75) is 27.0 Å². The maximum atomic E-state index is 9.30. The number of hydrogen-bond acceptors (Lipinski definition) is 3. The van der Waals surface area contributed by atoms with Crippen LogP contribution in [0.1, 0.15) is 22.3 Å². The first-order chi connectivity index (χ1) is 10.0. The van der Waals surface area contributed by atoms with Crippen molar-refractivity contribution in [3.8, 4) is 5.75 Å². The van der Waals surface area contributed by atoms with Gasteiger partial charge in [-0.05, 0) is 43.2 Å². The molecular weight excluding hydrogens is 262 g/mol. The monoisotopic (exact) mass is 285 g/mol. The minimum absolute atomic E-state index is 0.0459. The first-order valence-corrected chi connectivity index (χ1v) is 7.10. The number of aryl methyl sites for hydroxylation is 2. The van der Waals surface area contributed by atoms with Gasteiger partial charge >= 0.3 is 0 Å². The summed E-state index contributed by atoms with van der Waals surface area (Å²) >= 11 is 0. The number of aliphatic hydroxyl groups is 1. The van der Waals surface area contributed by atoms with E-state index in [-0.39, 0.29) is 6.61 Å². The van der Waals surface area contributed by atoms with Gasteiger partial charge in [0.15, 0.2) is 0 Å². The van der Waals surface area contributed by atoms with Gasteiger partial charge in [0.05, 0.1) is 13.7 Å². The van der Waals surface area contributed by atoms with Gasteiger partial charge < -0.3 is 14.7 Å². The Morgan fingerprint density at radius 3 is 2.48 bits per heavy atom. The third-order valence-electron chi connectivity index (χ3n) is 3.70. The smallest absolute Gasteiger partial charge is 0.123 e. The Morgan fingerprint density at radius 1 is 1.10 bits per heavy atom. The molecule has 0 aliphatic carbocycles. The van der Waals surface area contributed by atoms with Gasteiger partial charge in [-0.2, -0.15) is 0 Å². The molecule has 112 valence electrons. The third kappa shape index (κ3) is 3.56. The second-order valence-corrected chi connectivity index (χ2v) is 5.45. The molecule has 0 aliphatic rings. The largest absolute Gasteiger partial charge is 0.496 e. The molecule has 0 saturated heterocycles. The Labute approximate surface area is 126 Å². The Balaban J connectivity index is 2.28. The van der Waals surface area contributed by atoms with Crippen LogP contribution in [0, 0.1) is 13.8 Å². The molecule has 2 aromatic carbocycles. The predicted molar refractivity (Wildman–Crippen MR) is 86.9 cm³/mol. The predicted octanol–water partition coefficient (Wildman–Crippen LogP) is 3.44. The van der Waals surface area contributed by atoms with Gasteiger partial charge in [-0.1, -0.05) is 23.8 Å². The van der Waals surface area contributed by atoms with Gasteiger partial charge in [-0.3, -0.25) is 0 Å². The van der Waals surface area contributed by atoms with Crippen molar-refractivity contribution < 1.29 is 9.84 Å². The number of ether oxygens (including phenoxy) is 1. The summed E-state index contributed by atoms with van der Waals surface area (Å²) in [6, 6.07) is 12.3. The Kier molecular flexibility index (Phi) is 4.86. The molecule has 3 heteroatoms. The molecule has 2 rings (SSSR count). The van der Waals surface area contributed by atoms with Gasteiger partial charge in [0, 0.05) is 24.8 Å². The highest BCUT2D eigenvalue weighted by Crippen LogP contribution is 2.26. The van der Waals surface area contributed by atoms with Gasteiger partial charge in [-0.15, -0.1) is 0 Å². The van der Waals surface area contributed by atoms with Crippen LogP contribution in [0.2, 0.25) is 0 Å². The second kappa shape index (κ2) is 6.64. The summed E-state index contributed by atoms with van der Waals surface area (Å²) < 4.78 is 5.42. The molecule has 0 heterocycles. The van der Waals surface area contributed by atoms with Crippen LogP contribution < -0.4 is 9.64 Å². The van der Waals surface area contributed by atoms with E-state index in [9.17, 15) is 5.11 Å². The fraction of sp³-hybridized carbons (Fsp3) is 0.333. The molecule has 0 spiro atoms. The van der Waals surface area contributed by atoms with E-state index in [0.29, 0.717) is 0 Å². The summed E-state index contributed by atoms with van der Waals surface area (Å²) in [6.07, 6.45) is 0. The van der Waals surface area contributed by atoms with Crippen LogP contribution in [-0.2, 0) is 13.2 Å². The number of rotatable bonds is 5. The van der Waals surface area contributed by atoms with Crippen molar-refractivity contribution in [1.29, 1.82) is 0 Å². The molecule has 0 amide bonds. The molecule has 0 fully saturated rings. The molecule has 21 heavy (non-hydrogen) atoms. The zero-order chi connectivity index (χ0) is 15.4. The molecule has 3 nitrogen and oxygen atoms in total. The van der Waals surface area contributed by atoms with E-state index in [1.807, 2.05) is 18.2 Å². The van der Waals surface area contributed by atoms with Gasteiger partial charge in [-0.25, -0.2) is 0 Å². The average molecular weight is 285 g/mol. The molecule has 0 bridgehead atoms. The first kappa shape index (κ1) is 15.4. The molecule has 0 radical (unpaired) electrons. The van der Waals surface area contributed by atoms with Crippen molar-refractivity contribution in [3.63, 3.8) is 0 Å². The van der Waals surface area contributed by atoms with Crippen molar-refractivity contribution in [3.05, 3.63) is 58.7 Å². The van der Waals surface area contributed by atoms with E-state index < -0.39 is 0 Å². The molecule has 2 aromatic rings. The van der Waals surface area contributed by atoms with Crippen LogP contribution in [0.15, 0.2) is 36.4 Å². The van der Waals surface area contributed by atoms with Crippen LogP contribution in [0.5, 0.6) is 5.75 Å². The second-order valence-electron chi connectivity index (χ2n) is 5.45. The first-order valence-electron chi connectivity index (χ1n) is 7.10.